The molecular weight excluding hydrogens is 314 g/mol. The lowest BCUT2D eigenvalue weighted by Gasteiger charge is -2.22. The number of amides is 1. The molecule has 4 rings (SSSR count). The van der Waals surface area contributed by atoms with Crippen molar-refractivity contribution in [1.29, 1.82) is 0 Å². The zero-order valence-electron chi connectivity index (χ0n) is 14.4. The Labute approximate surface area is 145 Å². The van der Waals surface area contributed by atoms with E-state index in [-0.39, 0.29) is 11.8 Å². The van der Waals surface area contributed by atoms with Gasteiger partial charge in [0, 0.05) is 30.5 Å². The van der Waals surface area contributed by atoms with E-state index in [9.17, 15) is 4.79 Å². The number of nitrogens with zero attached hydrogens (tertiary/aromatic N) is 4. The number of nitrogens with one attached hydrogen (secondary N) is 1. The molecule has 6 nitrogen and oxygen atoms in total. The minimum absolute atomic E-state index is 0.134. The van der Waals surface area contributed by atoms with Crippen molar-refractivity contribution in [2.45, 2.75) is 26.3 Å². The lowest BCUT2D eigenvalue weighted by atomic mass is 10.1. The zero-order valence-corrected chi connectivity index (χ0v) is 14.4. The van der Waals surface area contributed by atoms with Gasteiger partial charge in [-0.3, -0.25) is 9.78 Å². The maximum Gasteiger partial charge on any atom is 0.270 e. The normalized spacial score (nSPS) is 13.2. The van der Waals surface area contributed by atoms with Crippen LogP contribution in [0, 0.1) is 0 Å². The molecule has 1 aliphatic heterocycles. The number of pyridine rings is 1. The summed E-state index contributed by atoms with van der Waals surface area (Å²) in [5.74, 6) is 1.43. The van der Waals surface area contributed by atoms with E-state index in [1.165, 1.54) is 0 Å². The van der Waals surface area contributed by atoms with Crippen LogP contribution in [0.2, 0.25) is 0 Å². The van der Waals surface area contributed by atoms with Crippen molar-refractivity contribution >= 4 is 28.3 Å². The van der Waals surface area contributed by atoms with Crippen LogP contribution in [0.3, 0.4) is 0 Å². The molecule has 1 N–H and O–H groups in total. The van der Waals surface area contributed by atoms with E-state index in [0.717, 1.165) is 28.0 Å². The van der Waals surface area contributed by atoms with Crippen LogP contribution < -0.4 is 10.2 Å². The first-order valence-corrected chi connectivity index (χ1v) is 8.32. The fourth-order valence-electron chi connectivity index (χ4n) is 2.99. The molecule has 0 spiro atoms. The Hall–Kier alpha value is -3.02. The second-order valence-corrected chi connectivity index (χ2v) is 6.52. The maximum absolute atomic E-state index is 12.1. The molecule has 1 amide bonds. The number of para-hydroxylation sites is 1. The van der Waals surface area contributed by atoms with E-state index in [1.54, 1.807) is 0 Å². The van der Waals surface area contributed by atoms with Crippen LogP contribution in [0.4, 0.5) is 11.5 Å². The third-order valence-electron chi connectivity index (χ3n) is 4.44. The molecule has 3 aromatic rings. The average Bonchev–Trinajstić information content (AvgIpc) is 3.01. The first-order chi connectivity index (χ1) is 12.0. The predicted octanol–water partition coefficient (Wildman–Crippen LogP) is 3.16. The van der Waals surface area contributed by atoms with E-state index >= 15 is 0 Å². The molecule has 0 aliphatic carbocycles. The van der Waals surface area contributed by atoms with Crippen LogP contribution in [0.25, 0.3) is 10.9 Å². The summed E-state index contributed by atoms with van der Waals surface area (Å²) in [6, 6.07) is 10.1. The quantitative estimate of drug-likeness (QED) is 0.797. The van der Waals surface area contributed by atoms with E-state index in [0.29, 0.717) is 18.1 Å². The van der Waals surface area contributed by atoms with Gasteiger partial charge in [-0.25, -0.2) is 9.97 Å². The maximum atomic E-state index is 12.1. The Kier molecular flexibility index (Phi) is 3.60. The van der Waals surface area contributed by atoms with Crippen molar-refractivity contribution in [3.8, 4) is 0 Å². The summed E-state index contributed by atoms with van der Waals surface area (Å²) in [7, 11) is 1.95. The third-order valence-corrected chi connectivity index (χ3v) is 4.44. The van der Waals surface area contributed by atoms with Gasteiger partial charge in [0.25, 0.3) is 5.91 Å². The Morgan fingerprint density at radius 2 is 2.00 bits per heavy atom. The summed E-state index contributed by atoms with van der Waals surface area (Å²) in [4.78, 5) is 27.8. The second-order valence-electron chi connectivity index (χ2n) is 6.52. The SMILES string of the molecule is CC(C)c1nc2c(c(N(C)c3cnc4ccccc4c3)n1)CNC2=O. The molecule has 0 bridgehead atoms. The van der Waals surface area contributed by atoms with Gasteiger partial charge < -0.3 is 10.2 Å². The monoisotopic (exact) mass is 333 g/mol. The summed E-state index contributed by atoms with van der Waals surface area (Å²) in [5.41, 5.74) is 3.19. The van der Waals surface area contributed by atoms with Crippen molar-refractivity contribution < 1.29 is 4.79 Å². The van der Waals surface area contributed by atoms with Gasteiger partial charge in [0.05, 0.1) is 17.4 Å². The molecule has 2 aromatic heterocycles. The molecule has 0 unspecified atom stereocenters. The number of anilines is 2. The van der Waals surface area contributed by atoms with E-state index in [1.807, 2.05) is 56.3 Å². The summed E-state index contributed by atoms with van der Waals surface area (Å²) in [6.45, 7) is 4.50. The van der Waals surface area contributed by atoms with Crippen LogP contribution in [0.15, 0.2) is 36.5 Å². The number of carbonyl (C=O) groups excluding carboxylic acids is 1. The second kappa shape index (κ2) is 5.81. The Balaban J connectivity index is 1.85. The van der Waals surface area contributed by atoms with Crippen molar-refractivity contribution in [2.24, 2.45) is 0 Å². The summed E-state index contributed by atoms with van der Waals surface area (Å²) in [5, 5.41) is 3.91. The Morgan fingerprint density at radius 1 is 1.20 bits per heavy atom. The number of hydrogen-bond donors (Lipinski definition) is 1. The number of fused-ring (bicyclic) bond motifs is 2. The number of carbonyl (C=O) groups is 1. The average molecular weight is 333 g/mol. The van der Waals surface area contributed by atoms with Gasteiger partial charge in [-0.1, -0.05) is 32.0 Å². The number of aromatic nitrogens is 3. The summed E-state index contributed by atoms with van der Waals surface area (Å²) < 4.78 is 0. The molecule has 0 fully saturated rings. The van der Waals surface area contributed by atoms with Crippen molar-refractivity contribution in [3.05, 3.63) is 53.6 Å². The van der Waals surface area contributed by atoms with Crippen LogP contribution in [0.1, 0.15) is 41.6 Å². The lowest BCUT2D eigenvalue weighted by Crippen LogP contribution is -2.17. The Bertz CT molecular complexity index is 983. The van der Waals surface area contributed by atoms with Crippen LogP contribution in [-0.4, -0.2) is 27.9 Å². The minimum Gasteiger partial charge on any atom is -0.346 e. The number of hydrogen-bond acceptors (Lipinski definition) is 5. The van der Waals surface area contributed by atoms with E-state index in [4.69, 9.17) is 4.98 Å². The highest BCUT2D eigenvalue weighted by atomic mass is 16.2. The standard InChI is InChI=1S/C19H19N5O/c1-11(2)17-22-16-14(10-21-19(16)25)18(23-17)24(3)13-8-12-6-4-5-7-15(12)20-9-13/h4-9,11H,10H2,1-3H3,(H,21,25). The van der Waals surface area contributed by atoms with E-state index in [2.05, 4.69) is 21.4 Å². The number of rotatable bonds is 3. The lowest BCUT2D eigenvalue weighted by molar-refractivity contribution is 0.0961. The first kappa shape index (κ1) is 15.5. The van der Waals surface area contributed by atoms with Crippen molar-refractivity contribution in [2.75, 3.05) is 11.9 Å². The largest absolute Gasteiger partial charge is 0.346 e. The van der Waals surface area contributed by atoms with Gasteiger partial charge in [0.2, 0.25) is 0 Å². The highest BCUT2D eigenvalue weighted by Gasteiger charge is 2.28. The molecule has 0 atom stereocenters. The highest BCUT2D eigenvalue weighted by molar-refractivity contribution is 5.98. The predicted molar refractivity (Wildman–Crippen MR) is 97.1 cm³/mol. The van der Waals surface area contributed by atoms with Gasteiger partial charge in [-0.15, -0.1) is 0 Å². The third kappa shape index (κ3) is 2.59. The Morgan fingerprint density at radius 3 is 2.80 bits per heavy atom. The molecule has 25 heavy (non-hydrogen) atoms. The van der Waals surface area contributed by atoms with Crippen molar-refractivity contribution in [1.82, 2.24) is 20.3 Å². The fraction of sp³-hybridized carbons (Fsp3) is 0.263. The zero-order chi connectivity index (χ0) is 17.6. The van der Waals surface area contributed by atoms with Gasteiger partial charge in [-0.2, -0.15) is 0 Å². The summed E-state index contributed by atoms with van der Waals surface area (Å²) >= 11 is 0. The van der Waals surface area contributed by atoms with Gasteiger partial charge >= 0.3 is 0 Å². The van der Waals surface area contributed by atoms with E-state index < -0.39 is 0 Å². The van der Waals surface area contributed by atoms with Crippen LogP contribution >= 0.6 is 0 Å². The molecule has 3 heterocycles. The highest BCUT2D eigenvalue weighted by Crippen LogP contribution is 2.31. The molecular formula is C19H19N5O. The molecule has 6 heteroatoms. The molecule has 1 aromatic carbocycles. The van der Waals surface area contributed by atoms with Gasteiger partial charge in [0.1, 0.15) is 17.3 Å². The van der Waals surface area contributed by atoms with Crippen LogP contribution in [0.5, 0.6) is 0 Å². The molecule has 0 radical (unpaired) electrons. The molecule has 0 saturated heterocycles. The molecule has 126 valence electrons. The summed E-state index contributed by atoms with van der Waals surface area (Å²) in [6.07, 6.45) is 1.83. The van der Waals surface area contributed by atoms with Crippen LogP contribution in [-0.2, 0) is 6.54 Å². The molecule has 1 aliphatic rings. The van der Waals surface area contributed by atoms with Gasteiger partial charge in [0.15, 0.2) is 0 Å². The van der Waals surface area contributed by atoms with Crippen molar-refractivity contribution in [3.63, 3.8) is 0 Å². The molecule has 0 saturated carbocycles. The van der Waals surface area contributed by atoms with Gasteiger partial charge in [-0.05, 0) is 12.1 Å². The topological polar surface area (TPSA) is 71.0 Å². The smallest absolute Gasteiger partial charge is 0.270 e. The minimum atomic E-state index is -0.134. The number of benzene rings is 1. The first-order valence-electron chi connectivity index (χ1n) is 8.32. The fourth-order valence-corrected chi connectivity index (χ4v) is 2.99.